The molecule has 70 valence electrons. The summed E-state index contributed by atoms with van der Waals surface area (Å²) in [5.74, 6) is 0.616. The molecular weight excluding hydrogens is 180 g/mol. The van der Waals surface area contributed by atoms with Crippen molar-refractivity contribution in [2.24, 2.45) is 5.92 Å². The highest BCUT2D eigenvalue weighted by Gasteiger charge is 2.21. The topological polar surface area (TPSA) is 0 Å². The molecule has 1 aromatic rings. The predicted molar refractivity (Wildman–Crippen MR) is 57.1 cm³/mol. The van der Waals surface area contributed by atoms with E-state index in [0.717, 1.165) is 0 Å². The van der Waals surface area contributed by atoms with E-state index in [9.17, 15) is 0 Å². The largest absolute Gasteiger partial charge is 0.118 e. The molecule has 0 saturated carbocycles. The minimum atomic E-state index is 0.221. The summed E-state index contributed by atoms with van der Waals surface area (Å²) < 4.78 is 0. The Kier molecular flexibility index (Phi) is 2.59. The van der Waals surface area contributed by atoms with Crippen molar-refractivity contribution in [1.82, 2.24) is 0 Å². The van der Waals surface area contributed by atoms with E-state index >= 15 is 0 Å². The van der Waals surface area contributed by atoms with Crippen LogP contribution in [0.3, 0.4) is 0 Å². The maximum absolute atomic E-state index is 6.40. The first-order valence-corrected chi connectivity index (χ1v) is 5.44. The molecule has 2 atom stereocenters. The van der Waals surface area contributed by atoms with Crippen molar-refractivity contribution < 1.29 is 0 Å². The second-order valence-corrected chi connectivity index (χ2v) is 4.44. The van der Waals surface area contributed by atoms with Gasteiger partial charge in [0.15, 0.2) is 0 Å². The van der Waals surface area contributed by atoms with Gasteiger partial charge in [-0.05, 0) is 36.3 Å². The second-order valence-electron chi connectivity index (χ2n) is 3.97. The molecule has 0 radical (unpaired) electrons. The van der Waals surface area contributed by atoms with Crippen LogP contribution in [0.5, 0.6) is 0 Å². The van der Waals surface area contributed by atoms with Crippen molar-refractivity contribution in [2.45, 2.75) is 31.6 Å². The number of hydrogen-bond acceptors (Lipinski definition) is 0. The summed E-state index contributed by atoms with van der Waals surface area (Å²) in [6.45, 7) is 2.25. The van der Waals surface area contributed by atoms with Crippen LogP contribution in [0.1, 0.15) is 36.3 Å². The molecule has 0 bridgehead atoms. The molecule has 0 amide bonds. The first-order chi connectivity index (χ1) is 6.29. The minimum absolute atomic E-state index is 0.221. The van der Waals surface area contributed by atoms with Crippen LogP contribution in [0.4, 0.5) is 0 Å². The lowest BCUT2D eigenvalue weighted by Gasteiger charge is -2.16. The number of benzene rings is 1. The highest BCUT2D eigenvalue weighted by Crippen LogP contribution is 2.37. The SMILES string of the molecule is CC1CCCc2ccccc2C1Cl. The van der Waals surface area contributed by atoms with E-state index in [2.05, 4.69) is 31.2 Å². The molecular formula is C12H15Cl. The van der Waals surface area contributed by atoms with Crippen LogP contribution in [0.25, 0.3) is 0 Å². The molecule has 0 N–H and O–H groups in total. The van der Waals surface area contributed by atoms with Crippen LogP contribution in [-0.4, -0.2) is 0 Å². The number of rotatable bonds is 0. The molecule has 0 aliphatic heterocycles. The van der Waals surface area contributed by atoms with Gasteiger partial charge in [-0.2, -0.15) is 0 Å². The van der Waals surface area contributed by atoms with Gasteiger partial charge in [0.25, 0.3) is 0 Å². The average molecular weight is 195 g/mol. The zero-order valence-corrected chi connectivity index (χ0v) is 8.72. The van der Waals surface area contributed by atoms with Gasteiger partial charge < -0.3 is 0 Å². The van der Waals surface area contributed by atoms with Crippen LogP contribution in [-0.2, 0) is 6.42 Å². The van der Waals surface area contributed by atoms with Gasteiger partial charge in [-0.15, -0.1) is 11.6 Å². The molecule has 2 rings (SSSR count). The Morgan fingerprint density at radius 2 is 2.08 bits per heavy atom. The Hall–Kier alpha value is -0.490. The third kappa shape index (κ3) is 1.73. The Balaban J connectivity index is 2.40. The fourth-order valence-electron chi connectivity index (χ4n) is 2.10. The van der Waals surface area contributed by atoms with Crippen molar-refractivity contribution in [1.29, 1.82) is 0 Å². The number of aryl methyl sites for hydroxylation is 1. The van der Waals surface area contributed by atoms with E-state index in [1.807, 2.05) is 0 Å². The van der Waals surface area contributed by atoms with Crippen LogP contribution >= 0.6 is 11.6 Å². The average Bonchev–Trinajstić information content (AvgIpc) is 2.29. The van der Waals surface area contributed by atoms with E-state index < -0.39 is 0 Å². The summed E-state index contributed by atoms with van der Waals surface area (Å²) in [6.07, 6.45) is 3.73. The first-order valence-electron chi connectivity index (χ1n) is 5.01. The summed E-state index contributed by atoms with van der Waals surface area (Å²) in [5.41, 5.74) is 2.81. The fourth-order valence-corrected chi connectivity index (χ4v) is 2.44. The normalized spacial score (nSPS) is 27.8. The van der Waals surface area contributed by atoms with Gasteiger partial charge in [0.05, 0.1) is 5.38 Å². The molecule has 2 unspecified atom stereocenters. The smallest absolute Gasteiger partial charge is 0.0613 e. The first kappa shape index (κ1) is 9.08. The summed E-state index contributed by atoms with van der Waals surface area (Å²) >= 11 is 6.40. The van der Waals surface area contributed by atoms with Crippen molar-refractivity contribution in [3.05, 3.63) is 35.4 Å². The molecule has 1 aromatic carbocycles. The van der Waals surface area contributed by atoms with Crippen molar-refractivity contribution in [3.8, 4) is 0 Å². The Bertz CT molecular complexity index is 293. The van der Waals surface area contributed by atoms with Gasteiger partial charge in [-0.1, -0.05) is 31.2 Å². The highest BCUT2D eigenvalue weighted by atomic mass is 35.5. The fraction of sp³-hybridized carbons (Fsp3) is 0.500. The molecule has 1 aliphatic carbocycles. The summed E-state index contributed by atoms with van der Waals surface area (Å²) in [5, 5.41) is 0.221. The van der Waals surface area contributed by atoms with E-state index in [4.69, 9.17) is 11.6 Å². The molecule has 1 heteroatoms. The van der Waals surface area contributed by atoms with Crippen LogP contribution in [0.2, 0.25) is 0 Å². The lowest BCUT2D eigenvalue weighted by Crippen LogP contribution is -2.01. The third-order valence-electron chi connectivity index (χ3n) is 2.96. The summed E-state index contributed by atoms with van der Waals surface area (Å²) in [7, 11) is 0. The van der Waals surface area contributed by atoms with E-state index in [0.29, 0.717) is 5.92 Å². The van der Waals surface area contributed by atoms with Crippen molar-refractivity contribution >= 4 is 11.6 Å². The third-order valence-corrected chi connectivity index (χ3v) is 3.62. The number of halogens is 1. The molecule has 1 aliphatic rings. The van der Waals surface area contributed by atoms with Crippen molar-refractivity contribution in [2.75, 3.05) is 0 Å². The number of fused-ring (bicyclic) bond motifs is 1. The second kappa shape index (κ2) is 3.71. The standard InChI is InChI=1S/C12H15Cl/c1-9-5-4-7-10-6-2-3-8-11(10)12(9)13/h2-3,6,8-9,12H,4-5,7H2,1H3. The molecule has 13 heavy (non-hydrogen) atoms. The zero-order valence-electron chi connectivity index (χ0n) is 7.96. The Morgan fingerprint density at radius 1 is 1.31 bits per heavy atom. The van der Waals surface area contributed by atoms with Crippen molar-refractivity contribution in [3.63, 3.8) is 0 Å². The molecule has 0 nitrogen and oxygen atoms in total. The number of hydrogen-bond donors (Lipinski definition) is 0. The molecule has 0 fully saturated rings. The predicted octanol–water partition coefficient (Wildman–Crippen LogP) is 3.94. The van der Waals surface area contributed by atoms with Crippen LogP contribution in [0.15, 0.2) is 24.3 Å². The minimum Gasteiger partial charge on any atom is -0.118 e. The van der Waals surface area contributed by atoms with Gasteiger partial charge in [0.2, 0.25) is 0 Å². The molecule has 0 spiro atoms. The van der Waals surface area contributed by atoms with Gasteiger partial charge in [0.1, 0.15) is 0 Å². The summed E-state index contributed by atoms with van der Waals surface area (Å²) in [4.78, 5) is 0. The van der Waals surface area contributed by atoms with E-state index in [1.54, 1.807) is 0 Å². The maximum atomic E-state index is 6.40. The molecule has 0 heterocycles. The highest BCUT2D eigenvalue weighted by molar-refractivity contribution is 6.21. The summed E-state index contributed by atoms with van der Waals surface area (Å²) in [6, 6.07) is 8.59. The quantitative estimate of drug-likeness (QED) is 0.434. The van der Waals surface area contributed by atoms with Gasteiger partial charge in [-0.3, -0.25) is 0 Å². The van der Waals surface area contributed by atoms with E-state index in [1.165, 1.54) is 30.4 Å². The lowest BCUT2D eigenvalue weighted by molar-refractivity contribution is 0.513. The van der Waals surface area contributed by atoms with Gasteiger partial charge in [-0.25, -0.2) is 0 Å². The maximum Gasteiger partial charge on any atom is 0.0613 e. The van der Waals surface area contributed by atoms with E-state index in [-0.39, 0.29) is 5.38 Å². The Labute approximate surface area is 84.9 Å². The Morgan fingerprint density at radius 3 is 2.92 bits per heavy atom. The van der Waals surface area contributed by atoms with Crippen LogP contribution < -0.4 is 0 Å². The monoisotopic (exact) mass is 194 g/mol. The van der Waals surface area contributed by atoms with Gasteiger partial charge in [0, 0.05) is 0 Å². The molecule has 0 saturated heterocycles. The number of alkyl halides is 1. The lowest BCUT2D eigenvalue weighted by atomic mass is 9.98. The molecule has 0 aromatic heterocycles. The zero-order chi connectivity index (χ0) is 9.26. The van der Waals surface area contributed by atoms with Crippen LogP contribution in [0, 0.1) is 5.92 Å². The van der Waals surface area contributed by atoms with Gasteiger partial charge >= 0.3 is 0 Å².